The van der Waals surface area contributed by atoms with E-state index in [0.717, 1.165) is 22.0 Å². The van der Waals surface area contributed by atoms with Crippen molar-refractivity contribution in [2.45, 2.75) is 104 Å². The molecule has 0 saturated carbocycles. The molecule has 4 rings (SSSR count). The quantitative estimate of drug-likeness (QED) is 0.130. The fourth-order valence-corrected chi connectivity index (χ4v) is 6.20. The summed E-state index contributed by atoms with van der Waals surface area (Å²) in [4.78, 5) is 0. The molecule has 0 spiro atoms. The lowest BCUT2D eigenvalue weighted by Gasteiger charge is -2.09. The summed E-state index contributed by atoms with van der Waals surface area (Å²) in [6.07, 6.45) is 15.9. The Labute approximate surface area is 222 Å². The van der Waals surface area contributed by atoms with E-state index in [9.17, 15) is 0 Å². The maximum atomic E-state index is 3.76. The number of benzene rings is 2. The molecule has 0 aliphatic heterocycles. The number of aromatic nitrogens is 2. The van der Waals surface area contributed by atoms with Crippen LogP contribution in [-0.2, 0) is 13.1 Å². The van der Waals surface area contributed by atoms with Crippen molar-refractivity contribution < 1.29 is 0 Å². The third kappa shape index (κ3) is 5.75. The topological polar surface area (TPSA) is 9.86 Å². The first-order valence-electron chi connectivity index (χ1n) is 13.5. The van der Waals surface area contributed by atoms with Crippen LogP contribution in [0.2, 0.25) is 0 Å². The van der Waals surface area contributed by atoms with E-state index in [-0.39, 0.29) is 0 Å². The van der Waals surface area contributed by atoms with Crippen LogP contribution in [-0.4, -0.2) is 9.13 Å². The second kappa shape index (κ2) is 12.6. The van der Waals surface area contributed by atoms with Gasteiger partial charge in [0.05, 0.1) is 22.1 Å². The monoisotopic (exact) mass is 586 g/mol. The van der Waals surface area contributed by atoms with Gasteiger partial charge in [-0.05, 0) is 49.2 Å². The minimum Gasteiger partial charge on any atom is -0.339 e. The highest BCUT2D eigenvalue weighted by molar-refractivity contribution is 9.10. The molecule has 0 N–H and O–H groups in total. The number of unbranched alkanes of at least 4 members (excludes halogenated alkanes) is 10. The number of fused-ring (bicyclic) bond motifs is 5. The Kier molecular flexibility index (Phi) is 9.59. The molecule has 0 aliphatic carbocycles. The van der Waals surface area contributed by atoms with Gasteiger partial charge in [-0.15, -0.1) is 0 Å². The van der Waals surface area contributed by atoms with Crippen molar-refractivity contribution in [1.29, 1.82) is 0 Å². The number of aryl methyl sites for hydroxylation is 2. The average molecular weight is 588 g/mol. The van der Waals surface area contributed by atoms with Gasteiger partial charge in [-0.2, -0.15) is 0 Å². The molecule has 0 radical (unpaired) electrons. The van der Waals surface area contributed by atoms with E-state index in [1.54, 1.807) is 0 Å². The van der Waals surface area contributed by atoms with Gasteiger partial charge in [-0.3, -0.25) is 0 Å². The summed E-state index contributed by atoms with van der Waals surface area (Å²) in [5.41, 5.74) is 5.59. The van der Waals surface area contributed by atoms with Crippen LogP contribution in [0.3, 0.4) is 0 Å². The van der Waals surface area contributed by atoms with Crippen molar-refractivity contribution in [3.63, 3.8) is 0 Å². The van der Waals surface area contributed by atoms with E-state index in [0.29, 0.717) is 0 Å². The standard InChI is InChI=1S/C30H40Br2N2/c1-3-5-7-9-11-13-19-33-27-17-15-23(31)21-25(27)30-29(33)26-22-24(32)16-18-28(26)34(30)20-14-12-10-8-6-4-2/h15-18,21-22H,3-14,19-20H2,1-2H3. The van der Waals surface area contributed by atoms with Gasteiger partial charge in [0, 0.05) is 32.8 Å². The summed E-state index contributed by atoms with van der Waals surface area (Å²) in [6.45, 7) is 6.77. The molecule has 2 heterocycles. The van der Waals surface area contributed by atoms with Crippen LogP contribution in [0.4, 0.5) is 0 Å². The molecule has 2 nitrogen and oxygen atoms in total. The Balaban J connectivity index is 1.72. The van der Waals surface area contributed by atoms with E-state index in [1.165, 1.54) is 110 Å². The highest BCUT2D eigenvalue weighted by Crippen LogP contribution is 2.39. The van der Waals surface area contributed by atoms with E-state index in [1.807, 2.05) is 0 Å². The molecule has 4 aromatic rings. The minimum absolute atomic E-state index is 1.09. The lowest BCUT2D eigenvalue weighted by Crippen LogP contribution is -1.98. The lowest BCUT2D eigenvalue weighted by molar-refractivity contribution is 0.569. The van der Waals surface area contributed by atoms with Gasteiger partial charge in [0.2, 0.25) is 0 Å². The van der Waals surface area contributed by atoms with E-state index in [4.69, 9.17) is 0 Å². The predicted octanol–water partition coefficient (Wildman–Crippen LogP) is 11.0. The molecule has 0 bridgehead atoms. The van der Waals surface area contributed by atoms with Crippen molar-refractivity contribution in [2.75, 3.05) is 0 Å². The van der Waals surface area contributed by atoms with Gasteiger partial charge in [0.15, 0.2) is 0 Å². The number of nitrogens with zero attached hydrogens (tertiary/aromatic N) is 2. The molecule has 2 aromatic heterocycles. The largest absolute Gasteiger partial charge is 0.339 e. The first-order valence-corrected chi connectivity index (χ1v) is 15.1. The highest BCUT2D eigenvalue weighted by atomic mass is 79.9. The van der Waals surface area contributed by atoms with Gasteiger partial charge in [0.25, 0.3) is 0 Å². The molecule has 0 aliphatic rings. The fraction of sp³-hybridized carbons (Fsp3) is 0.533. The molecule has 0 atom stereocenters. The molecule has 0 unspecified atom stereocenters. The second-order valence-electron chi connectivity index (χ2n) is 9.86. The third-order valence-corrected chi connectivity index (χ3v) is 8.23. The van der Waals surface area contributed by atoms with Crippen LogP contribution in [0.25, 0.3) is 32.8 Å². The van der Waals surface area contributed by atoms with Gasteiger partial charge < -0.3 is 9.13 Å². The average Bonchev–Trinajstić information content (AvgIpc) is 3.31. The molecular formula is C30H40Br2N2. The zero-order valence-corrected chi connectivity index (χ0v) is 24.2. The summed E-state index contributed by atoms with van der Waals surface area (Å²) in [7, 11) is 0. The normalized spacial score (nSPS) is 12.0. The molecule has 0 saturated heterocycles. The zero-order chi connectivity index (χ0) is 23.9. The van der Waals surface area contributed by atoms with Gasteiger partial charge >= 0.3 is 0 Å². The van der Waals surface area contributed by atoms with E-state index < -0.39 is 0 Å². The maximum Gasteiger partial charge on any atom is 0.0754 e. The van der Waals surface area contributed by atoms with E-state index in [2.05, 4.69) is 91.2 Å². The maximum absolute atomic E-state index is 3.76. The number of halogens is 2. The van der Waals surface area contributed by atoms with Crippen LogP contribution in [0.15, 0.2) is 45.3 Å². The summed E-state index contributed by atoms with van der Waals surface area (Å²) in [6, 6.07) is 13.7. The first-order chi connectivity index (χ1) is 16.7. The van der Waals surface area contributed by atoms with Crippen molar-refractivity contribution in [2.24, 2.45) is 0 Å². The molecule has 0 amide bonds. The predicted molar refractivity (Wildman–Crippen MR) is 157 cm³/mol. The Hall–Kier alpha value is -1.26. The van der Waals surface area contributed by atoms with Crippen LogP contribution in [0.5, 0.6) is 0 Å². The summed E-state index contributed by atoms with van der Waals surface area (Å²) in [5.74, 6) is 0. The van der Waals surface area contributed by atoms with Gasteiger partial charge in [-0.1, -0.05) is 110 Å². The molecular weight excluding hydrogens is 548 g/mol. The zero-order valence-electron chi connectivity index (χ0n) is 21.0. The van der Waals surface area contributed by atoms with Crippen LogP contribution < -0.4 is 0 Å². The molecule has 184 valence electrons. The molecule has 4 heteroatoms. The third-order valence-electron chi connectivity index (χ3n) is 7.24. The second-order valence-corrected chi connectivity index (χ2v) is 11.7. The van der Waals surface area contributed by atoms with Crippen molar-refractivity contribution in [3.05, 3.63) is 45.3 Å². The highest BCUT2D eigenvalue weighted by Gasteiger charge is 2.20. The van der Waals surface area contributed by atoms with Crippen LogP contribution in [0, 0.1) is 0 Å². The Morgan fingerprint density at radius 2 is 0.912 bits per heavy atom. The minimum atomic E-state index is 1.09. The summed E-state index contributed by atoms with van der Waals surface area (Å²) >= 11 is 7.51. The Bertz CT molecular complexity index is 1120. The number of hydrogen-bond acceptors (Lipinski definition) is 0. The SMILES string of the molecule is CCCCCCCCn1c2ccc(Br)cc2c2c1c1cc(Br)ccc1n2CCCCCCCC. The van der Waals surface area contributed by atoms with E-state index >= 15 is 0 Å². The van der Waals surface area contributed by atoms with Crippen molar-refractivity contribution in [3.8, 4) is 0 Å². The smallest absolute Gasteiger partial charge is 0.0754 e. The first kappa shape index (κ1) is 25.8. The van der Waals surface area contributed by atoms with Crippen molar-refractivity contribution in [1.82, 2.24) is 9.13 Å². The lowest BCUT2D eigenvalue weighted by atomic mass is 10.1. The molecule has 2 aromatic carbocycles. The number of hydrogen-bond donors (Lipinski definition) is 0. The van der Waals surface area contributed by atoms with Gasteiger partial charge in [0.1, 0.15) is 0 Å². The summed E-state index contributed by atoms with van der Waals surface area (Å²) < 4.78 is 7.56. The summed E-state index contributed by atoms with van der Waals surface area (Å²) in [5, 5.41) is 2.77. The fourth-order valence-electron chi connectivity index (χ4n) is 5.47. The molecule has 0 fully saturated rings. The Morgan fingerprint density at radius 1 is 0.529 bits per heavy atom. The number of rotatable bonds is 14. The van der Waals surface area contributed by atoms with Gasteiger partial charge in [-0.25, -0.2) is 0 Å². The molecule has 34 heavy (non-hydrogen) atoms. The van der Waals surface area contributed by atoms with Crippen molar-refractivity contribution >= 4 is 64.7 Å². The van der Waals surface area contributed by atoms with Crippen LogP contribution >= 0.6 is 31.9 Å². The van der Waals surface area contributed by atoms with Crippen LogP contribution in [0.1, 0.15) is 90.9 Å². The Morgan fingerprint density at radius 3 is 1.32 bits per heavy atom.